The Hall–Kier alpha value is -1.65. The molecule has 0 bridgehead atoms. The second kappa shape index (κ2) is 6.10. The highest BCUT2D eigenvalue weighted by atomic mass is 32.1. The van der Waals surface area contributed by atoms with Gasteiger partial charge in [0.05, 0.1) is 0 Å². The Morgan fingerprint density at radius 3 is 2.70 bits per heavy atom. The Kier molecular flexibility index (Phi) is 3.95. The number of nitrogens with zero attached hydrogens (tertiary/aromatic N) is 2. The first-order valence-corrected chi connectivity index (χ1v) is 9.30. The largest absolute Gasteiger partial charge is 0.312 e. The second-order valence-electron chi connectivity index (χ2n) is 6.51. The summed E-state index contributed by atoms with van der Waals surface area (Å²) in [6.07, 6.45) is 2.84. The lowest BCUT2D eigenvalue weighted by atomic mass is 10.0. The number of hydrogen-bond acceptors (Lipinski definition) is 3. The lowest BCUT2D eigenvalue weighted by Crippen LogP contribution is -2.32. The van der Waals surface area contributed by atoms with Crippen molar-refractivity contribution in [3.8, 4) is 0 Å². The van der Waals surface area contributed by atoms with Crippen LogP contribution in [0.1, 0.15) is 41.8 Å². The maximum Gasteiger partial charge on any atom is 0.227 e. The van der Waals surface area contributed by atoms with Gasteiger partial charge in [0.1, 0.15) is 0 Å². The van der Waals surface area contributed by atoms with E-state index in [-0.39, 0.29) is 5.91 Å². The quantitative estimate of drug-likeness (QED) is 0.851. The number of rotatable bonds is 3. The molecule has 1 saturated heterocycles. The van der Waals surface area contributed by atoms with Crippen LogP contribution in [0.5, 0.6) is 0 Å². The van der Waals surface area contributed by atoms with Gasteiger partial charge in [-0.3, -0.25) is 9.69 Å². The number of benzene rings is 1. The van der Waals surface area contributed by atoms with Crippen molar-refractivity contribution >= 4 is 22.9 Å². The highest BCUT2D eigenvalue weighted by Gasteiger charge is 2.25. The SMILES string of the molecule is C[C@@H]1c2ccsc2CCN1Cc1ccc(N2CCCC2=O)cc1. The Morgan fingerprint density at radius 1 is 1.13 bits per heavy atom. The second-order valence-corrected chi connectivity index (χ2v) is 7.51. The number of carbonyl (C=O) groups excluding carboxylic acids is 1. The molecule has 2 aliphatic rings. The lowest BCUT2D eigenvalue weighted by Gasteiger charge is -2.33. The Balaban J connectivity index is 1.46. The Bertz CT molecular complexity index is 706. The number of fused-ring (bicyclic) bond motifs is 1. The van der Waals surface area contributed by atoms with Gasteiger partial charge in [-0.25, -0.2) is 0 Å². The number of anilines is 1. The molecule has 1 aromatic carbocycles. The van der Waals surface area contributed by atoms with E-state index >= 15 is 0 Å². The fourth-order valence-corrected chi connectivity index (χ4v) is 4.68. The monoisotopic (exact) mass is 326 g/mol. The summed E-state index contributed by atoms with van der Waals surface area (Å²) in [5.74, 6) is 0.257. The van der Waals surface area contributed by atoms with Gasteiger partial charge in [-0.05, 0) is 54.5 Å². The van der Waals surface area contributed by atoms with Crippen LogP contribution in [0, 0.1) is 0 Å². The molecule has 3 nitrogen and oxygen atoms in total. The zero-order chi connectivity index (χ0) is 15.8. The summed E-state index contributed by atoms with van der Waals surface area (Å²) >= 11 is 1.89. The van der Waals surface area contributed by atoms with E-state index in [0.29, 0.717) is 12.5 Å². The summed E-state index contributed by atoms with van der Waals surface area (Å²) in [7, 11) is 0. The van der Waals surface area contributed by atoms with Crippen LogP contribution in [-0.4, -0.2) is 23.9 Å². The molecule has 1 aromatic heterocycles. The molecule has 0 spiro atoms. The maximum atomic E-state index is 11.8. The lowest BCUT2D eigenvalue weighted by molar-refractivity contribution is -0.117. The van der Waals surface area contributed by atoms with Gasteiger partial charge in [-0.2, -0.15) is 0 Å². The third-order valence-corrected chi connectivity index (χ3v) is 6.11. The highest BCUT2D eigenvalue weighted by Crippen LogP contribution is 2.33. The molecular formula is C19H22N2OS. The maximum absolute atomic E-state index is 11.8. The Morgan fingerprint density at radius 2 is 1.96 bits per heavy atom. The van der Waals surface area contributed by atoms with Gasteiger partial charge in [0.15, 0.2) is 0 Å². The van der Waals surface area contributed by atoms with Crippen molar-refractivity contribution in [3.63, 3.8) is 0 Å². The standard InChI is InChI=1S/C19H22N2OS/c1-14-17-9-12-23-18(17)8-11-20(14)13-15-4-6-16(7-5-15)21-10-2-3-19(21)22/h4-7,9,12,14H,2-3,8,10-11,13H2,1H3/t14-/m1/s1. The average molecular weight is 326 g/mol. The first-order chi connectivity index (χ1) is 11.2. The van der Waals surface area contributed by atoms with Crippen LogP contribution in [0.25, 0.3) is 0 Å². The molecule has 3 heterocycles. The number of thiophene rings is 1. The van der Waals surface area contributed by atoms with Crippen LogP contribution >= 0.6 is 11.3 Å². The van der Waals surface area contributed by atoms with Crippen LogP contribution in [-0.2, 0) is 17.8 Å². The summed E-state index contributed by atoms with van der Waals surface area (Å²) in [5, 5.41) is 2.21. The van der Waals surface area contributed by atoms with Crippen molar-refractivity contribution in [2.24, 2.45) is 0 Å². The molecule has 0 radical (unpaired) electrons. The minimum absolute atomic E-state index is 0.257. The van der Waals surface area contributed by atoms with Crippen molar-refractivity contribution in [2.75, 3.05) is 18.0 Å². The average Bonchev–Trinajstić information content (AvgIpc) is 3.20. The van der Waals surface area contributed by atoms with Gasteiger partial charge >= 0.3 is 0 Å². The van der Waals surface area contributed by atoms with E-state index in [1.807, 2.05) is 16.2 Å². The first kappa shape index (κ1) is 14.9. The van der Waals surface area contributed by atoms with E-state index in [9.17, 15) is 4.79 Å². The summed E-state index contributed by atoms with van der Waals surface area (Å²) in [6.45, 7) is 5.27. The molecule has 0 unspecified atom stereocenters. The van der Waals surface area contributed by atoms with Crippen LogP contribution in [0.4, 0.5) is 5.69 Å². The molecule has 0 aliphatic carbocycles. The van der Waals surface area contributed by atoms with Gasteiger partial charge in [0.2, 0.25) is 5.91 Å². The normalized spacial score (nSPS) is 21.7. The van der Waals surface area contributed by atoms with Gasteiger partial charge < -0.3 is 4.90 Å². The smallest absolute Gasteiger partial charge is 0.227 e. The molecule has 0 saturated carbocycles. The highest BCUT2D eigenvalue weighted by molar-refractivity contribution is 7.10. The molecule has 4 heteroatoms. The molecule has 1 fully saturated rings. The van der Waals surface area contributed by atoms with Crippen LogP contribution < -0.4 is 4.90 Å². The summed E-state index contributed by atoms with van der Waals surface area (Å²) in [4.78, 5) is 17.8. The van der Waals surface area contributed by atoms with E-state index in [2.05, 4.69) is 47.5 Å². The zero-order valence-corrected chi connectivity index (χ0v) is 14.3. The van der Waals surface area contributed by atoms with Gasteiger partial charge in [0.25, 0.3) is 0 Å². The number of amides is 1. The summed E-state index contributed by atoms with van der Waals surface area (Å²) in [5.41, 5.74) is 3.87. The molecule has 2 aliphatic heterocycles. The summed E-state index contributed by atoms with van der Waals surface area (Å²) in [6, 6.07) is 11.3. The van der Waals surface area contributed by atoms with Crippen molar-refractivity contribution < 1.29 is 4.79 Å². The third kappa shape index (κ3) is 2.81. The molecule has 4 rings (SSSR count). The Labute approximate surface area is 141 Å². The van der Waals surface area contributed by atoms with Crippen LogP contribution in [0.3, 0.4) is 0 Å². The molecular weight excluding hydrogens is 304 g/mol. The molecule has 23 heavy (non-hydrogen) atoms. The van der Waals surface area contributed by atoms with Crippen LogP contribution in [0.15, 0.2) is 35.7 Å². The molecule has 1 amide bonds. The van der Waals surface area contributed by atoms with Crippen molar-refractivity contribution in [2.45, 2.75) is 38.8 Å². The minimum Gasteiger partial charge on any atom is -0.312 e. The molecule has 1 atom stereocenters. The van der Waals surface area contributed by atoms with E-state index in [1.165, 1.54) is 11.1 Å². The minimum atomic E-state index is 0.257. The summed E-state index contributed by atoms with van der Waals surface area (Å²) < 4.78 is 0. The van der Waals surface area contributed by atoms with E-state index < -0.39 is 0 Å². The van der Waals surface area contributed by atoms with Crippen molar-refractivity contribution in [1.82, 2.24) is 4.90 Å². The van der Waals surface area contributed by atoms with Crippen molar-refractivity contribution in [1.29, 1.82) is 0 Å². The van der Waals surface area contributed by atoms with E-state index in [4.69, 9.17) is 0 Å². The third-order valence-electron chi connectivity index (χ3n) is 5.11. The fraction of sp³-hybridized carbons (Fsp3) is 0.421. The molecule has 120 valence electrons. The first-order valence-electron chi connectivity index (χ1n) is 8.42. The fourth-order valence-electron chi connectivity index (χ4n) is 3.71. The van der Waals surface area contributed by atoms with Gasteiger partial charge in [-0.1, -0.05) is 12.1 Å². The predicted octanol–water partition coefficient (Wildman–Crippen LogP) is 3.99. The van der Waals surface area contributed by atoms with Gasteiger partial charge in [0, 0.05) is 42.7 Å². The zero-order valence-electron chi connectivity index (χ0n) is 13.5. The predicted molar refractivity (Wildman–Crippen MR) is 94.9 cm³/mol. The van der Waals surface area contributed by atoms with Gasteiger partial charge in [-0.15, -0.1) is 11.3 Å². The molecule has 2 aromatic rings. The number of hydrogen-bond donors (Lipinski definition) is 0. The van der Waals surface area contributed by atoms with Crippen molar-refractivity contribution in [3.05, 3.63) is 51.7 Å². The molecule has 0 N–H and O–H groups in total. The van der Waals surface area contributed by atoms with E-state index in [1.54, 1.807) is 4.88 Å². The topological polar surface area (TPSA) is 23.6 Å². The van der Waals surface area contributed by atoms with Crippen LogP contribution in [0.2, 0.25) is 0 Å². The number of carbonyl (C=O) groups is 1. The van der Waals surface area contributed by atoms with E-state index in [0.717, 1.165) is 38.2 Å².